The van der Waals surface area contributed by atoms with Crippen molar-refractivity contribution in [1.29, 1.82) is 0 Å². The van der Waals surface area contributed by atoms with Gasteiger partial charge in [0.2, 0.25) is 0 Å². The van der Waals surface area contributed by atoms with E-state index in [9.17, 15) is 14.9 Å². The number of nitro groups is 1. The molecule has 190 valence electrons. The van der Waals surface area contributed by atoms with Crippen LogP contribution in [0.1, 0.15) is 41.5 Å². The molecule has 1 aliphatic rings. The second-order valence-corrected chi connectivity index (χ2v) is 8.53. The number of rotatable bonds is 6. The van der Waals surface area contributed by atoms with Gasteiger partial charge < -0.3 is 15.1 Å². The fraction of sp³-hybridized carbons (Fsp3) is 0.364. The van der Waals surface area contributed by atoms with Crippen molar-refractivity contribution in [3.8, 4) is 0 Å². The molecule has 4 heterocycles. The molecular weight excluding hydrogens is 488 g/mol. The van der Waals surface area contributed by atoms with Crippen molar-refractivity contribution in [2.75, 3.05) is 25.0 Å². The first-order valence-corrected chi connectivity index (χ1v) is 11.5. The van der Waals surface area contributed by atoms with Gasteiger partial charge in [-0.05, 0) is 38.5 Å². The van der Waals surface area contributed by atoms with Crippen LogP contribution < -0.4 is 10.2 Å². The van der Waals surface area contributed by atoms with Crippen molar-refractivity contribution in [1.82, 2.24) is 35.2 Å². The van der Waals surface area contributed by atoms with Crippen LogP contribution in [0.4, 0.5) is 5.69 Å². The lowest BCUT2D eigenvalue weighted by molar-refractivity contribution is -0.485. The molecule has 1 saturated heterocycles. The summed E-state index contributed by atoms with van der Waals surface area (Å²) in [5.74, 6) is 0.183. The van der Waals surface area contributed by atoms with Gasteiger partial charge in [0.05, 0.1) is 29.8 Å². The highest BCUT2D eigenvalue weighted by atomic mass is 35.5. The lowest BCUT2D eigenvalue weighted by Gasteiger charge is -2.16. The van der Waals surface area contributed by atoms with Crippen LogP contribution in [0.25, 0.3) is 0 Å². The minimum Gasteiger partial charge on any atom is -0.349 e. The summed E-state index contributed by atoms with van der Waals surface area (Å²) in [6, 6.07) is 5.49. The Labute approximate surface area is 212 Å². The van der Waals surface area contributed by atoms with E-state index in [1.807, 2.05) is 31.5 Å². The van der Waals surface area contributed by atoms with Crippen LogP contribution in [0.5, 0.6) is 0 Å². The van der Waals surface area contributed by atoms with Crippen molar-refractivity contribution < 1.29 is 9.83 Å². The van der Waals surface area contributed by atoms with Gasteiger partial charge in [-0.15, -0.1) is 0 Å². The molecule has 0 aliphatic carbocycles. The Morgan fingerprint density at radius 2 is 2.06 bits per heavy atom. The van der Waals surface area contributed by atoms with Gasteiger partial charge in [-0.3, -0.25) is 9.48 Å². The topological polar surface area (TPSA) is 148 Å². The number of hydrogen-bond acceptors (Lipinski definition) is 7. The van der Waals surface area contributed by atoms with Crippen molar-refractivity contribution >= 4 is 29.2 Å². The maximum absolute atomic E-state index is 12.4. The van der Waals surface area contributed by atoms with Gasteiger partial charge in [-0.2, -0.15) is 15.3 Å². The van der Waals surface area contributed by atoms with E-state index in [1.165, 1.54) is 0 Å². The molecule has 0 spiro atoms. The van der Waals surface area contributed by atoms with Gasteiger partial charge in [0.15, 0.2) is 5.03 Å². The van der Waals surface area contributed by atoms with Crippen molar-refractivity contribution in [3.63, 3.8) is 0 Å². The number of halogens is 1. The van der Waals surface area contributed by atoms with E-state index < -0.39 is 5.03 Å². The predicted octanol–water partition coefficient (Wildman–Crippen LogP) is 2.53. The van der Waals surface area contributed by atoms with Gasteiger partial charge in [-0.1, -0.05) is 17.7 Å². The molecule has 14 heteroatoms. The van der Waals surface area contributed by atoms with Crippen molar-refractivity contribution in [2.24, 2.45) is 5.10 Å². The number of guanidine groups is 1. The second-order valence-electron chi connectivity index (χ2n) is 8.15. The first kappa shape index (κ1) is 26.5. The van der Waals surface area contributed by atoms with Crippen LogP contribution in [0.3, 0.4) is 0 Å². The summed E-state index contributed by atoms with van der Waals surface area (Å²) in [6.45, 7) is 7.81. The number of anilines is 1. The Bertz CT molecular complexity index is 1210. The van der Waals surface area contributed by atoms with Crippen LogP contribution in [0.2, 0.25) is 5.15 Å². The average Bonchev–Trinajstić information content (AvgIpc) is 3.46. The zero-order valence-electron chi connectivity index (χ0n) is 20.4. The molecule has 0 saturated carbocycles. The summed E-state index contributed by atoms with van der Waals surface area (Å²) in [4.78, 5) is 30.0. The Balaban J connectivity index is 0.000000202. The van der Waals surface area contributed by atoms with Gasteiger partial charge in [0.25, 0.3) is 11.9 Å². The molecule has 0 atom stereocenters. The third-order valence-corrected chi connectivity index (χ3v) is 5.55. The number of hydrogen-bond donors (Lipinski definition) is 1. The number of nitrogens with one attached hydrogen (secondary N) is 1. The average molecular weight is 515 g/mol. The maximum atomic E-state index is 12.4. The van der Waals surface area contributed by atoms with Crippen LogP contribution >= 0.6 is 11.6 Å². The zero-order chi connectivity index (χ0) is 26.2. The fourth-order valence-corrected chi connectivity index (χ4v) is 3.62. The van der Waals surface area contributed by atoms with Crippen LogP contribution in [-0.4, -0.2) is 66.9 Å². The smallest absolute Gasteiger partial charge is 0.271 e. The molecule has 1 fully saturated rings. The molecule has 1 N–H and O–H groups in total. The minimum absolute atomic E-state index is 0.0996. The summed E-state index contributed by atoms with van der Waals surface area (Å²) >= 11 is 5.68. The molecule has 0 bridgehead atoms. The Morgan fingerprint density at radius 1 is 1.28 bits per heavy atom. The Hall–Kier alpha value is -4.13. The second kappa shape index (κ2) is 12.0. The van der Waals surface area contributed by atoms with Gasteiger partial charge in [-0.25, -0.2) is 15.1 Å². The summed E-state index contributed by atoms with van der Waals surface area (Å²) in [7, 11) is 1.71. The molecule has 0 aromatic carbocycles. The van der Waals surface area contributed by atoms with Gasteiger partial charge in [0, 0.05) is 44.6 Å². The predicted molar refractivity (Wildman–Crippen MR) is 134 cm³/mol. The molecule has 36 heavy (non-hydrogen) atoms. The highest BCUT2D eigenvalue weighted by Gasteiger charge is 2.22. The van der Waals surface area contributed by atoms with E-state index in [4.69, 9.17) is 11.6 Å². The number of aromatic nitrogens is 5. The standard InChI is InChI=1S/C13H17N5O.C9H10ClN5O2/c1-9(2)18-10(3)12(8-16-18)13(19)17(4)11-5-6-14-15-7-11;10-8-2-1-7(5-12-8)6-14-4-3-11-9(14)13-15(16)17/h5-9H,1-4H3;1-2,5H,3-4,6H2,(H,11,13). The van der Waals surface area contributed by atoms with E-state index in [1.54, 1.807) is 53.8 Å². The molecule has 3 aromatic rings. The van der Waals surface area contributed by atoms with E-state index >= 15 is 0 Å². The van der Waals surface area contributed by atoms with Crippen LogP contribution in [0.15, 0.2) is 48.1 Å². The summed E-state index contributed by atoms with van der Waals surface area (Å²) in [5.41, 5.74) is 3.10. The number of hydrazone groups is 1. The fourth-order valence-electron chi connectivity index (χ4n) is 3.50. The quantitative estimate of drug-likeness (QED) is 0.297. The number of carbonyl (C=O) groups is 1. The third-order valence-electron chi connectivity index (χ3n) is 5.33. The molecule has 13 nitrogen and oxygen atoms in total. The number of carbonyl (C=O) groups excluding carboxylic acids is 1. The van der Waals surface area contributed by atoms with Gasteiger partial charge >= 0.3 is 0 Å². The summed E-state index contributed by atoms with van der Waals surface area (Å²) in [5, 5.41) is 27.9. The number of amides is 1. The highest BCUT2D eigenvalue weighted by Crippen LogP contribution is 2.18. The first-order chi connectivity index (χ1) is 17.2. The Kier molecular flexibility index (Phi) is 8.84. The van der Waals surface area contributed by atoms with Crippen molar-refractivity contribution in [2.45, 2.75) is 33.4 Å². The minimum atomic E-state index is -0.708. The van der Waals surface area contributed by atoms with E-state index in [2.05, 4.69) is 30.7 Å². The van der Waals surface area contributed by atoms with Crippen LogP contribution in [-0.2, 0) is 6.54 Å². The molecular formula is C22H27ClN10O3. The molecule has 1 amide bonds. The zero-order valence-corrected chi connectivity index (χ0v) is 21.1. The summed E-state index contributed by atoms with van der Waals surface area (Å²) in [6.07, 6.45) is 6.37. The monoisotopic (exact) mass is 514 g/mol. The van der Waals surface area contributed by atoms with E-state index in [0.717, 1.165) is 11.3 Å². The molecule has 0 unspecified atom stereocenters. The lowest BCUT2D eigenvalue weighted by Crippen LogP contribution is -2.30. The largest absolute Gasteiger partial charge is 0.349 e. The van der Waals surface area contributed by atoms with E-state index in [0.29, 0.717) is 36.0 Å². The molecule has 1 aliphatic heterocycles. The SMILES string of the molecule is Cc1c(C(=O)N(C)c2ccnnc2)cnn1C(C)C.O=[N+]([O-])/N=C1\NCCN1Cc1ccc(Cl)nc1. The lowest BCUT2D eigenvalue weighted by atomic mass is 10.2. The normalized spacial score (nSPS) is 13.8. The Morgan fingerprint density at radius 3 is 2.64 bits per heavy atom. The number of nitrogens with zero attached hydrogens (tertiary/aromatic N) is 9. The number of pyridine rings is 1. The third kappa shape index (κ3) is 6.72. The summed E-state index contributed by atoms with van der Waals surface area (Å²) < 4.78 is 1.84. The first-order valence-electron chi connectivity index (χ1n) is 11.1. The molecule has 4 rings (SSSR count). The van der Waals surface area contributed by atoms with Crippen molar-refractivity contribution in [3.05, 3.63) is 75.1 Å². The maximum Gasteiger partial charge on any atom is 0.271 e. The van der Waals surface area contributed by atoms with Crippen LogP contribution in [0, 0.1) is 17.0 Å². The molecule has 0 radical (unpaired) electrons. The van der Waals surface area contributed by atoms with Gasteiger partial charge in [0.1, 0.15) is 10.3 Å². The molecule has 3 aromatic heterocycles. The van der Waals surface area contributed by atoms with E-state index in [-0.39, 0.29) is 17.9 Å². The highest BCUT2D eigenvalue weighted by molar-refractivity contribution is 6.29.